The number of nitrogens with two attached hydrogens (primary N) is 1. The molecule has 0 radical (unpaired) electrons. The fourth-order valence-electron chi connectivity index (χ4n) is 2.48. The molecule has 2 aromatic carbocycles. The standard InChI is InChI=1S/C12H16N2.C8H11NO4S/c1-3-14(9-5-8-13)12-7-4-6-11(2)10-12;1-2-13-7-4-3-6(9)5-8(7)14(10,11)12/h4,6-7,10H,3,5,9H2,1-2H3;3-5H,2,9H2,1H3,(H,10,11,12). The Kier molecular flexibility index (Phi) is 9.28. The third kappa shape index (κ3) is 7.47. The minimum absolute atomic E-state index is 0.101. The molecular weight excluding hydrogens is 378 g/mol. The number of anilines is 2. The molecule has 0 heterocycles. The molecule has 28 heavy (non-hydrogen) atoms. The van der Waals surface area contributed by atoms with Crippen LogP contribution in [0.2, 0.25) is 0 Å². The van der Waals surface area contributed by atoms with Crippen LogP contribution >= 0.6 is 0 Å². The van der Waals surface area contributed by atoms with Crippen LogP contribution in [0.4, 0.5) is 11.4 Å². The lowest BCUT2D eigenvalue weighted by molar-refractivity contribution is 0.329. The minimum atomic E-state index is -4.28. The number of hydrogen-bond acceptors (Lipinski definition) is 6. The SMILES string of the molecule is CCN(CCC#N)c1cccc(C)c1.CCOc1ccc(N)cc1S(=O)(=O)O. The van der Waals surface area contributed by atoms with Crippen LogP contribution in [0.1, 0.15) is 25.8 Å². The molecule has 0 spiro atoms. The summed E-state index contributed by atoms with van der Waals surface area (Å²) in [7, 11) is -4.28. The minimum Gasteiger partial charge on any atom is -0.492 e. The molecular formula is C20H27N3O4S. The maximum absolute atomic E-state index is 10.9. The maximum Gasteiger partial charge on any atom is 0.298 e. The first-order valence-electron chi connectivity index (χ1n) is 8.91. The summed E-state index contributed by atoms with van der Waals surface area (Å²) < 4.78 is 35.7. The van der Waals surface area contributed by atoms with Gasteiger partial charge in [-0.15, -0.1) is 0 Å². The Balaban J connectivity index is 0.000000280. The number of nitrogen functional groups attached to an aromatic ring is 1. The molecule has 0 saturated heterocycles. The van der Waals surface area contributed by atoms with E-state index in [1.54, 1.807) is 6.92 Å². The van der Waals surface area contributed by atoms with Gasteiger partial charge in [0.1, 0.15) is 10.6 Å². The van der Waals surface area contributed by atoms with E-state index in [2.05, 4.69) is 49.1 Å². The number of nitriles is 1. The van der Waals surface area contributed by atoms with Crippen molar-refractivity contribution < 1.29 is 17.7 Å². The lowest BCUT2D eigenvalue weighted by Crippen LogP contribution is -2.23. The van der Waals surface area contributed by atoms with E-state index in [0.29, 0.717) is 13.0 Å². The molecule has 0 atom stereocenters. The van der Waals surface area contributed by atoms with Crippen LogP contribution in [-0.4, -0.2) is 32.7 Å². The Morgan fingerprint density at radius 1 is 1.21 bits per heavy atom. The van der Waals surface area contributed by atoms with Gasteiger partial charge in [-0.3, -0.25) is 4.55 Å². The first kappa shape index (κ1) is 23.3. The highest BCUT2D eigenvalue weighted by Gasteiger charge is 2.16. The smallest absolute Gasteiger partial charge is 0.298 e. The van der Waals surface area contributed by atoms with E-state index in [0.717, 1.165) is 19.2 Å². The maximum atomic E-state index is 10.9. The zero-order chi connectivity index (χ0) is 21.2. The fourth-order valence-corrected chi connectivity index (χ4v) is 3.15. The van der Waals surface area contributed by atoms with Gasteiger partial charge < -0.3 is 15.4 Å². The summed E-state index contributed by atoms with van der Waals surface area (Å²) in [6, 6.07) is 14.6. The van der Waals surface area contributed by atoms with Crippen molar-refractivity contribution in [2.24, 2.45) is 0 Å². The number of rotatable bonds is 7. The highest BCUT2D eigenvalue weighted by atomic mass is 32.2. The van der Waals surface area contributed by atoms with Crippen molar-refractivity contribution in [3.63, 3.8) is 0 Å². The number of nitrogens with zero attached hydrogens (tertiary/aromatic N) is 2. The van der Waals surface area contributed by atoms with Crippen LogP contribution in [-0.2, 0) is 10.1 Å². The van der Waals surface area contributed by atoms with Gasteiger partial charge in [0.05, 0.1) is 19.1 Å². The summed E-state index contributed by atoms with van der Waals surface area (Å²) in [4.78, 5) is 1.91. The monoisotopic (exact) mass is 405 g/mol. The van der Waals surface area contributed by atoms with E-state index in [9.17, 15) is 8.42 Å². The van der Waals surface area contributed by atoms with Crippen molar-refractivity contribution in [3.8, 4) is 11.8 Å². The van der Waals surface area contributed by atoms with Gasteiger partial charge >= 0.3 is 0 Å². The highest BCUT2D eigenvalue weighted by Crippen LogP contribution is 2.25. The molecule has 3 N–H and O–H groups in total. The van der Waals surface area contributed by atoms with E-state index in [1.807, 2.05) is 0 Å². The van der Waals surface area contributed by atoms with Crippen molar-refractivity contribution >= 4 is 21.5 Å². The van der Waals surface area contributed by atoms with Gasteiger partial charge in [-0.2, -0.15) is 13.7 Å². The second-order valence-corrected chi connectivity index (χ2v) is 7.33. The average Bonchev–Trinajstić information content (AvgIpc) is 2.64. The average molecular weight is 406 g/mol. The topological polar surface area (TPSA) is 117 Å². The van der Waals surface area contributed by atoms with Crippen LogP contribution in [0.25, 0.3) is 0 Å². The molecule has 0 amide bonds. The molecule has 0 aliphatic carbocycles. The van der Waals surface area contributed by atoms with Crippen LogP contribution in [0.15, 0.2) is 47.4 Å². The lowest BCUT2D eigenvalue weighted by Gasteiger charge is -2.22. The Labute approximate surface area is 167 Å². The molecule has 0 aliphatic heterocycles. The molecule has 7 nitrogen and oxygen atoms in total. The van der Waals surface area contributed by atoms with Crippen molar-refractivity contribution in [3.05, 3.63) is 48.0 Å². The van der Waals surface area contributed by atoms with E-state index >= 15 is 0 Å². The number of benzene rings is 2. The predicted molar refractivity (Wildman–Crippen MR) is 111 cm³/mol. The van der Waals surface area contributed by atoms with Crippen molar-refractivity contribution in [1.82, 2.24) is 0 Å². The van der Waals surface area contributed by atoms with Gasteiger partial charge in [0, 0.05) is 24.5 Å². The first-order valence-corrected chi connectivity index (χ1v) is 10.3. The number of ether oxygens (including phenoxy) is 1. The second-order valence-electron chi connectivity index (χ2n) is 5.94. The zero-order valence-electron chi connectivity index (χ0n) is 16.4. The van der Waals surface area contributed by atoms with Crippen LogP contribution in [0.5, 0.6) is 5.75 Å². The number of hydrogen-bond donors (Lipinski definition) is 2. The van der Waals surface area contributed by atoms with E-state index in [1.165, 1.54) is 23.4 Å². The number of aryl methyl sites for hydroxylation is 1. The molecule has 0 unspecified atom stereocenters. The Bertz CT molecular complexity index is 908. The van der Waals surface area contributed by atoms with E-state index in [4.69, 9.17) is 20.3 Å². The van der Waals surface area contributed by atoms with Crippen LogP contribution < -0.4 is 15.4 Å². The lowest BCUT2D eigenvalue weighted by atomic mass is 10.2. The molecule has 2 aromatic rings. The van der Waals surface area contributed by atoms with Crippen LogP contribution in [0.3, 0.4) is 0 Å². The molecule has 0 saturated carbocycles. The predicted octanol–water partition coefficient (Wildman–Crippen LogP) is 3.65. The summed E-state index contributed by atoms with van der Waals surface area (Å²) in [5.41, 5.74) is 8.11. The summed E-state index contributed by atoms with van der Waals surface area (Å²) in [5, 5.41) is 8.54. The van der Waals surface area contributed by atoms with Gasteiger partial charge in [0.15, 0.2) is 0 Å². The van der Waals surface area contributed by atoms with Gasteiger partial charge in [0.2, 0.25) is 0 Å². The summed E-state index contributed by atoms with van der Waals surface area (Å²) in [5.74, 6) is 0.101. The Morgan fingerprint density at radius 2 is 1.93 bits per heavy atom. The summed E-state index contributed by atoms with van der Waals surface area (Å²) >= 11 is 0. The van der Waals surface area contributed by atoms with E-state index in [-0.39, 0.29) is 16.3 Å². The second kappa shape index (κ2) is 11.2. The van der Waals surface area contributed by atoms with Crippen molar-refractivity contribution in [1.29, 1.82) is 5.26 Å². The molecule has 152 valence electrons. The molecule has 0 aliphatic rings. The Hall–Kier alpha value is -2.76. The fraction of sp³-hybridized carbons (Fsp3) is 0.350. The quantitative estimate of drug-likeness (QED) is 0.533. The summed E-state index contributed by atoms with van der Waals surface area (Å²) in [6.07, 6.45) is 0.585. The van der Waals surface area contributed by atoms with Gasteiger partial charge in [-0.25, -0.2) is 0 Å². The first-order chi connectivity index (χ1) is 13.2. The third-order valence-corrected chi connectivity index (χ3v) is 4.66. The molecule has 0 bridgehead atoms. The van der Waals surface area contributed by atoms with Gasteiger partial charge in [-0.1, -0.05) is 12.1 Å². The Morgan fingerprint density at radius 3 is 2.46 bits per heavy atom. The van der Waals surface area contributed by atoms with Gasteiger partial charge in [0.25, 0.3) is 10.1 Å². The molecule has 8 heteroatoms. The summed E-state index contributed by atoms with van der Waals surface area (Å²) in [6.45, 7) is 7.99. The largest absolute Gasteiger partial charge is 0.492 e. The van der Waals surface area contributed by atoms with Crippen LogP contribution in [0, 0.1) is 18.3 Å². The van der Waals surface area contributed by atoms with Crippen molar-refractivity contribution in [2.45, 2.75) is 32.1 Å². The molecule has 2 rings (SSSR count). The zero-order valence-corrected chi connectivity index (χ0v) is 17.2. The highest BCUT2D eigenvalue weighted by molar-refractivity contribution is 7.86. The molecule has 0 aromatic heterocycles. The third-order valence-electron chi connectivity index (χ3n) is 3.79. The molecule has 0 fully saturated rings. The normalized spacial score (nSPS) is 10.4. The van der Waals surface area contributed by atoms with Crippen molar-refractivity contribution in [2.75, 3.05) is 30.3 Å². The van der Waals surface area contributed by atoms with E-state index < -0.39 is 10.1 Å². The van der Waals surface area contributed by atoms with Gasteiger partial charge in [-0.05, 0) is 56.7 Å².